The lowest BCUT2D eigenvalue weighted by atomic mass is 9.97. The van der Waals surface area contributed by atoms with Gasteiger partial charge in [-0.2, -0.15) is 0 Å². The van der Waals surface area contributed by atoms with Crippen molar-refractivity contribution in [3.63, 3.8) is 0 Å². The maximum atomic E-state index is 13.0. The summed E-state index contributed by atoms with van der Waals surface area (Å²) in [5, 5.41) is 7.42. The van der Waals surface area contributed by atoms with Crippen molar-refractivity contribution in [1.82, 2.24) is 29.4 Å². The predicted octanol–water partition coefficient (Wildman–Crippen LogP) is 2.92. The second kappa shape index (κ2) is 9.51. The molecule has 3 aromatic heterocycles. The Kier molecular flexibility index (Phi) is 6.81. The Labute approximate surface area is 175 Å². The first-order valence-corrected chi connectivity index (χ1v) is 10.1. The summed E-state index contributed by atoms with van der Waals surface area (Å²) in [5.74, 6) is 0.935. The number of carboxylic acids is 1. The normalized spacial score (nSPS) is 16.4. The number of imidazole rings is 2. The fraction of sp³-hybridized carbons (Fsp3) is 0.476. The molecular formula is C21H28N6O3. The zero-order chi connectivity index (χ0) is 21.7. The first-order valence-electron chi connectivity index (χ1n) is 10.1. The smallest absolute Gasteiger partial charge is 0.300 e. The number of carbonyl (C=O) groups excluding carboxylic acids is 1. The van der Waals surface area contributed by atoms with Gasteiger partial charge in [-0.25, -0.2) is 15.0 Å². The average Bonchev–Trinajstić information content (AvgIpc) is 3.37. The summed E-state index contributed by atoms with van der Waals surface area (Å²) in [5.41, 5.74) is 2.21. The number of likely N-dealkylation sites (tertiary alicyclic amines) is 1. The van der Waals surface area contributed by atoms with E-state index in [1.165, 1.54) is 0 Å². The van der Waals surface area contributed by atoms with E-state index in [2.05, 4.69) is 33.8 Å². The molecule has 0 bridgehead atoms. The molecular weight excluding hydrogens is 384 g/mol. The Hall–Kier alpha value is -3.23. The van der Waals surface area contributed by atoms with Crippen molar-refractivity contribution in [2.24, 2.45) is 5.92 Å². The Morgan fingerprint density at radius 3 is 2.73 bits per heavy atom. The summed E-state index contributed by atoms with van der Waals surface area (Å²) >= 11 is 0. The van der Waals surface area contributed by atoms with Crippen LogP contribution in [0.4, 0.5) is 0 Å². The lowest BCUT2D eigenvalue weighted by Gasteiger charge is -2.31. The van der Waals surface area contributed by atoms with Gasteiger partial charge in [0.25, 0.3) is 11.9 Å². The molecule has 1 fully saturated rings. The molecule has 1 amide bonds. The van der Waals surface area contributed by atoms with E-state index in [1.807, 2.05) is 21.7 Å². The molecule has 160 valence electrons. The van der Waals surface area contributed by atoms with Crippen LogP contribution in [0.2, 0.25) is 0 Å². The molecule has 1 atom stereocenters. The number of nitrogens with zero attached hydrogens (tertiary/aromatic N) is 5. The van der Waals surface area contributed by atoms with E-state index in [1.54, 1.807) is 18.7 Å². The van der Waals surface area contributed by atoms with Crippen LogP contribution in [0.3, 0.4) is 0 Å². The van der Waals surface area contributed by atoms with Crippen LogP contribution in [-0.4, -0.2) is 59.5 Å². The van der Waals surface area contributed by atoms with Gasteiger partial charge in [0.15, 0.2) is 5.65 Å². The van der Waals surface area contributed by atoms with Crippen LogP contribution in [-0.2, 0) is 11.3 Å². The SMILES string of the molecule is CC(=O)O.CC(C)Cn1cnc2cc(C(=O)N3CCCC(c4ncc[nH]4)C3)cnc21. The van der Waals surface area contributed by atoms with Crippen LogP contribution < -0.4 is 0 Å². The molecule has 3 aromatic rings. The zero-order valence-corrected chi connectivity index (χ0v) is 17.6. The van der Waals surface area contributed by atoms with Gasteiger partial charge in [-0.15, -0.1) is 0 Å². The summed E-state index contributed by atoms with van der Waals surface area (Å²) in [4.78, 5) is 40.3. The van der Waals surface area contributed by atoms with Crippen molar-refractivity contribution in [3.05, 3.63) is 42.4 Å². The quantitative estimate of drug-likeness (QED) is 0.680. The first kappa shape index (κ1) is 21.5. The van der Waals surface area contributed by atoms with Gasteiger partial charge in [0, 0.05) is 51.1 Å². The van der Waals surface area contributed by atoms with Crippen molar-refractivity contribution >= 4 is 23.0 Å². The lowest BCUT2D eigenvalue weighted by Crippen LogP contribution is -2.39. The number of aromatic amines is 1. The fourth-order valence-corrected chi connectivity index (χ4v) is 3.66. The summed E-state index contributed by atoms with van der Waals surface area (Å²) in [6, 6.07) is 1.86. The summed E-state index contributed by atoms with van der Waals surface area (Å²) in [6.45, 7) is 7.74. The largest absolute Gasteiger partial charge is 0.481 e. The predicted molar refractivity (Wildman–Crippen MR) is 112 cm³/mol. The number of nitrogens with one attached hydrogen (secondary N) is 1. The van der Waals surface area contributed by atoms with Crippen LogP contribution >= 0.6 is 0 Å². The first-order chi connectivity index (χ1) is 14.3. The van der Waals surface area contributed by atoms with Gasteiger partial charge in [0.1, 0.15) is 11.3 Å². The van der Waals surface area contributed by atoms with Crippen LogP contribution in [0.15, 0.2) is 31.0 Å². The summed E-state index contributed by atoms with van der Waals surface area (Å²) in [7, 11) is 0. The Balaban J connectivity index is 0.000000589. The van der Waals surface area contributed by atoms with Crippen molar-refractivity contribution in [2.75, 3.05) is 13.1 Å². The minimum atomic E-state index is -0.833. The maximum Gasteiger partial charge on any atom is 0.300 e. The van der Waals surface area contributed by atoms with Gasteiger partial charge in [-0.05, 0) is 24.8 Å². The van der Waals surface area contributed by atoms with Crippen molar-refractivity contribution < 1.29 is 14.7 Å². The molecule has 4 rings (SSSR count). The average molecular weight is 412 g/mol. The number of hydrogen-bond acceptors (Lipinski definition) is 5. The number of aliphatic carboxylic acids is 1. The van der Waals surface area contributed by atoms with Crippen LogP contribution in [0.25, 0.3) is 11.2 Å². The Bertz CT molecular complexity index is 992. The van der Waals surface area contributed by atoms with Crippen LogP contribution in [0, 0.1) is 5.92 Å². The van der Waals surface area contributed by atoms with E-state index in [-0.39, 0.29) is 11.8 Å². The lowest BCUT2D eigenvalue weighted by molar-refractivity contribution is -0.134. The third-order valence-corrected chi connectivity index (χ3v) is 4.88. The molecule has 1 aliphatic rings. The Morgan fingerprint density at radius 1 is 1.30 bits per heavy atom. The molecule has 0 aliphatic carbocycles. The number of aromatic nitrogens is 5. The summed E-state index contributed by atoms with van der Waals surface area (Å²) in [6.07, 6.45) is 9.12. The monoisotopic (exact) mass is 412 g/mol. The second-order valence-electron chi connectivity index (χ2n) is 7.94. The molecule has 0 aromatic carbocycles. The second-order valence-corrected chi connectivity index (χ2v) is 7.94. The molecule has 9 nitrogen and oxygen atoms in total. The van der Waals surface area contributed by atoms with E-state index < -0.39 is 5.97 Å². The van der Waals surface area contributed by atoms with Gasteiger partial charge in [-0.3, -0.25) is 9.59 Å². The molecule has 0 saturated carbocycles. The number of hydrogen-bond donors (Lipinski definition) is 2. The van der Waals surface area contributed by atoms with Crippen molar-refractivity contribution in [2.45, 2.75) is 46.1 Å². The number of piperidine rings is 1. The number of pyridine rings is 1. The molecule has 0 spiro atoms. The standard InChI is InChI=1S/C19H24N6O.C2H4O2/c1-13(2)10-25-12-23-16-8-15(9-22-18(16)25)19(26)24-7-3-4-14(11-24)17-20-5-6-21-17;1-2(3)4/h5-6,8-9,12-14H,3-4,7,10-11H2,1-2H3,(H,20,21);1H3,(H,3,4). The zero-order valence-electron chi connectivity index (χ0n) is 17.6. The number of rotatable bonds is 4. The molecule has 0 radical (unpaired) electrons. The molecule has 9 heteroatoms. The maximum absolute atomic E-state index is 13.0. The highest BCUT2D eigenvalue weighted by molar-refractivity contribution is 5.96. The highest BCUT2D eigenvalue weighted by atomic mass is 16.4. The molecule has 30 heavy (non-hydrogen) atoms. The number of H-pyrrole nitrogens is 1. The number of carbonyl (C=O) groups is 2. The minimum Gasteiger partial charge on any atom is -0.481 e. The highest BCUT2D eigenvalue weighted by Crippen LogP contribution is 2.25. The van der Waals surface area contributed by atoms with Gasteiger partial charge in [0.05, 0.1) is 11.9 Å². The van der Waals surface area contributed by atoms with Gasteiger partial charge in [0.2, 0.25) is 0 Å². The fourth-order valence-electron chi connectivity index (χ4n) is 3.66. The van der Waals surface area contributed by atoms with E-state index in [9.17, 15) is 4.79 Å². The molecule has 1 saturated heterocycles. The molecule has 2 N–H and O–H groups in total. The van der Waals surface area contributed by atoms with Crippen LogP contribution in [0.5, 0.6) is 0 Å². The van der Waals surface area contributed by atoms with E-state index in [0.717, 1.165) is 49.8 Å². The van der Waals surface area contributed by atoms with Crippen LogP contribution in [0.1, 0.15) is 55.7 Å². The van der Waals surface area contributed by atoms with E-state index >= 15 is 0 Å². The van der Waals surface area contributed by atoms with E-state index in [0.29, 0.717) is 18.0 Å². The highest BCUT2D eigenvalue weighted by Gasteiger charge is 2.27. The molecule has 1 unspecified atom stereocenters. The molecule has 4 heterocycles. The van der Waals surface area contributed by atoms with Gasteiger partial charge < -0.3 is 19.6 Å². The number of amides is 1. The summed E-state index contributed by atoms with van der Waals surface area (Å²) < 4.78 is 2.04. The molecule has 1 aliphatic heterocycles. The third kappa shape index (κ3) is 5.22. The Morgan fingerprint density at radius 2 is 2.07 bits per heavy atom. The topological polar surface area (TPSA) is 117 Å². The van der Waals surface area contributed by atoms with Crippen molar-refractivity contribution in [1.29, 1.82) is 0 Å². The minimum absolute atomic E-state index is 0.0223. The van der Waals surface area contributed by atoms with Gasteiger partial charge in [-0.1, -0.05) is 13.8 Å². The van der Waals surface area contributed by atoms with Gasteiger partial charge >= 0.3 is 0 Å². The number of fused-ring (bicyclic) bond motifs is 1. The van der Waals surface area contributed by atoms with Crippen molar-refractivity contribution in [3.8, 4) is 0 Å². The van der Waals surface area contributed by atoms with E-state index in [4.69, 9.17) is 9.90 Å². The third-order valence-electron chi connectivity index (χ3n) is 4.88. The number of carboxylic acid groups (broad SMARTS) is 1.